The first-order chi connectivity index (χ1) is 7.75. The zero-order valence-electron chi connectivity index (χ0n) is 8.23. The quantitative estimate of drug-likeness (QED) is 0.812. The highest BCUT2D eigenvalue weighted by Crippen LogP contribution is 2.14. The van der Waals surface area contributed by atoms with E-state index in [9.17, 15) is 4.39 Å². The Labute approximate surface area is 100 Å². The van der Waals surface area contributed by atoms with E-state index in [1.54, 1.807) is 0 Å². The van der Waals surface area contributed by atoms with Crippen molar-refractivity contribution in [2.45, 2.75) is 6.61 Å². The van der Waals surface area contributed by atoms with Crippen LogP contribution in [0.3, 0.4) is 0 Å². The van der Waals surface area contributed by atoms with Crippen LogP contribution in [-0.4, -0.2) is 9.97 Å². The lowest BCUT2D eigenvalue weighted by Crippen LogP contribution is -2.00. The van der Waals surface area contributed by atoms with Crippen molar-refractivity contribution in [1.29, 1.82) is 0 Å². The molecule has 0 fully saturated rings. The average molecular weight is 283 g/mol. The molecule has 5 heteroatoms. The number of nitrogens with zero attached hydrogens (tertiary/aromatic N) is 2. The molecule has 1 aromatic carbocycles. The van der Waals surface area contributed by atoms with Gasteiger partial charge in [-0.1, -0.05) is 30.3 Å². The van der Waals surface area contributed by atoms with E-state index in [2.05, 4.69) is 25.9 Å². The highest BCUT2D eigenvalue weighted by atomic mass is 79.9. The van der Waals surface area contributed by atoms with Crippen LogP contribution in [0.4, 0.5) is 4.39 Å². The van der Waals surface area contributed by atoms with Gasteiger partial charge < -0.3 is 4.74 Å². The molecule has 0 bridgehead atoms. The zero-order chi connectivity index (χ0) is 11.4. The Morgan fingerprint density at radius 3 is 2.69 bits per heavy atom. The van der Waals surface area contributed by atoms with Crippen molar-refractivity contribution in [3.63, 3.8) is 0 Å². The fourth-order valence-electron chi connectivity index (χ4n) is 1.12. The Kier molecular flexibility index (Phi) is 3.46. The molecule has 0 atom stereocenters. The van der Waals surface area contributed by atoms with Gasteiger partial charge in [-0.25, -0.2) is 4.98 Å². The van der Waals surface area contributed by atoms with Crippen LogP contribution in [0, 0.1) is 5.95 Å². The molecule has 1 aromatic heterocycles. The maximum atomic E-state index is 13.0. The van der Waals surface area contributed by atoms with Crippen molar-refractivity contribution < 1.29 is 9.13 Å². The van der Waals surface area contributed by atoms with E-state index >= 15 is 0 Å². The van der Waals surface area contributed by atoms with E-state index in [0.29, 0.717) is 6.61 Å². The van der Waals surface area contributed by atoms with Gasteiger partial charge in [0, 0.05) is 0 Å². The van der Waals surface area contributed by atoms with Crippen LogP contribution in [0.2, 0.25) is 0 Å². The van der Waals surface area contributed by atoms with Gasteiger partial charge in [0.25, 0.3) is 0 Å². The van der Waals surface area contributed by atoms with E-state index in [-0.39, 0.29) is 10.5 Å². The fraction of sp³-hybridized carbons (Fsp3) is 0.0909. The van der Waals surface area contributed by atoms with E-state index in [1.807, 2.05) is 30.3 Å². The van der Waals surface area contributed by atoms with Gasteiger partial charge in [0.2, 0.25) is 5.95 Å². The van der Waals surface area contributed by atoms with E-state index in [1.165, 1.54) is 6.20 Å². The van der Waals surface area contributed by atoms with Crippen LogP contribution in [0.15, 0.2) is 41.0 Å². The highest BCUT2D eigenvalue weighted by molar-refractivity contribution is 9.10. The number of aromatic nitrogens is 2. The van der Waals surface area contributed by atoms with Crippen LogP contribution in [-0.2, 0) is 6.61 Å². The summed E-state index contributed by atoms with van der Waals surface area (Å²) in [7, 11) is 0. The molecule has 0 saturated carbocycles. The lowest BCUT2D eigenvalue weighted by molar-refractivity contribution is 0.275. The van der Waals surface area contributed by atoms with Gasteiger partial charge in [0.1, 0.15) is 6.61 Å². The van der Waals surface area contributed by atoms with Crippen LogP contribution in [0.1, 0.15) is 5.56 Å². The Hall–Kier alpha value is -1.49. The van der Waals surface area contributed by atoms with E-state index in [4.69, 9.17) is 4.74 Å². The van der Waals surface area contributed by atoms with E-state index in [0.717, 1.165) is 5.56 Å². The maximum Gasteiger partial charge on any atom is 0.319 e. The largest absolute Gasteiger partial charge is 0.459 e. The number of rotatable bonds is 3. The van der Waals surface area contributed by atoms with Crippen LogP contribution in [0.5, 0.6) is 6.01 Å². The molecule has 3 nitrogen and oxygen atoms in total. The number of hydrogen-bond donors (Lipinski definition) is 0. The molecule has 1 heterocycles. The van der Waals surface area contributed by atoms with Crippen molar-refractivity contribution in [3.8, 4) is 6.01 Å². The first-order valence-electron chi connectivity index (χ1n) is 4.60. The van der Waals surface area contributed by atoms with Gasteiger partial charge in [-0.05, 0) is 21.5 Å². The topological polar surface area (TPSA) is 35.0 Å². The van der Waals surface area contributed by atoms with Gasteiger partial charge in [-0.2, -0.15) is 9.37 Å². The summed E-state index contributed by atoms with van der Waals surface area (Å²) in [5.41, 5.74) is 0.981. The molecule has 0 aliphatic rings. The van der Waals surface area contributed by atoms with Crippen molar-refractivity contribution in [3.05, 3.63) is 52.5 Å². The number of hydrogen-bond acceptors (Lipinski definition) is 3. The third-order valence-electron chi connectivity index (χ3n) is 1.89. The van der Waals surface area contributed by atoms with Crippen LogP contribution >= 0.6 is 15.9 Å². The standard InChI is InChI=1S/C11H8BrFN2O/c12-9-6-14-11(15-10(9)13)16-7-8-4-2-1-3-5-8/h1-6H,7H2. The Morgan fingerprint density at radius 2 is 2.00 bits per heavy atom. The number of halogens is 2. The molecule has 16 heavy (non-hydrogen) atoms. The maximum absolute atomic E-state index is 13.0. The molecule has 0 radical (unpaired) electrons. The van der Waals surface area contributed by atoms with E-state index < -0.39 is 5.95 Å². The third-order valence-corrected chi connectivity index (χ3v) is 2.42. The lowest BCUT2D eigenvalue weighted by atomic mass is 10.2. The monoisotopic (exact) mass is 282 g/mol. The summed E-state index contributed by atoms with van der Waals surface area (Å²) in [4.78, 5) is 7.37. The summed E-state index contributed by atoms with van der Waals surface area (Å²) >= 11 is 2.97. The molecule has 0 saturated heterocycles. The first-order valence-corrected chi connectivity index (χ1v) is 5.40. The van der Waals surface area contributed by atoms with Gasteiger partial charge >= 0.3 is 6.01 Å². The molecule has 0 aliphatic carbocycles. The second-order valence-corrected chi connectivity index (χ2v) is 3.92. The summed E-state index contributed by atoms with van der Waals surface area (Å²) in [5.74, 6) is -0.627. The molecule has 0 spiro atoms. The second-order valence-electron chi connectivity index (χ2n) is 3.07. The Morgan fingerprint density at radius 1 is 1.25 bits per heavy atom. The predicted molar refractivity (Wildman–Crippen MR) is 60.5 cm³/mol. The molecule has 0 amide bonds. The summed E-state index contributed by atoms with van der Waals surface area (Å²) in [6.07, 6.45) is 1.32. The zero-order valence-corrected chi connectivity index (χ0v) is 9.82. The molecule has 2 aromatic rings. The van der Waals surface area contributed by atoms with Gasteiger partial charge in [0.05, 0.1) is 10.7 Å². The second kappa shape index (κ2) is 5.03. The molecule has 82 valence electrons. The molecular formula is C11H8BrFN2O. The minimum absolute atomic E-state index is 0.0320. The van der Waals surface area contributed by atoms with Crippen molar-refractivity contribution in [2.24, 2.45) is 0 Å². The van der Waals surface area contributed by atoms with Gasteiger partial charge in [-0.15, -0.1) is 0 Å². The highest BCUT2D eigenvalue weighted by Gasteiger charge is 2.04. The molecule has 0 N–H and O–H groups in total. The minimum atomic E-state index is -0.627. The Bertz CT molecular complexity index is 479. The number of ether oxygens (including phenoxy) is 1. The first kappa shape index (κ1) is 11.0. The Balaban J connectivity index is 2.03. The number of benzene rings is 1. The van der Waals surface area contributed by atoms with Crippen molar-refractivity contribution in [1.82, 2.24) is 9.97 Å². The average Bonchev–Trinajstić information content (AvgIpc) is 2.32. The van der Waals surface area contributed by atoms with Gasteiger partial charge in [-0.3, -0.25) is 0 Å². The summed E-state index contributed by atoms with van der Waals surface area (Å²) in [6.45, 7) is 0.321. The SMILES string of the molecule is Fc1nc(OCc2ccccc2)ncc1Br. The van der Waals surface area contributed by atoms with Crippen LogP contribution < -0.4 is 4.74 Å². The third kappa shape index (κ3) is 2.76. The fourth-order valence-corrected chi connectivity index (χ4v) is 1.31. The van der Waals surface area contributed by atoms with Crippen LogP contribution in [0.25, 0.3) is 0 Å². The summed E-state index contributed by atoms with van der Waals surface area (Å²) in [6, 6.07) is 9.58. The lowest BCUT2D eigenvalue weighted by Gasteiger charge is -2.04. The molecule has 0 aliphatic heterocycles. The predicted octanol–water partition coefficient (Wildman–Crippen LogP) is 2.96. The van der Waals surface area contributed by atoms with Gasteiger partial charge in [0.15, 0.2) is 0 Å². The minimum Gasteiger partial charge on any atom is -0.459 e. The van der Waals surface area contributed by atoms with Crippen molar-refractivity contribution >= 4 is 15.9 Å². The summed E-state index contributed by atoms with van der Waals surface area (Å²) in [5, 5.41) is 0. The normalized spacial score (nSPS) is 10.1. The molecular weight excluding hydrogens is 275 g/mol. The summed E-state index contributed by atoms with van der Waals surface area (Å²) < 4.78 is 18.5. The smallest absolute Gasteiger partial charge is 0.319 e. The molecule has 2 rings (SSSR count). The van der Waals surface area contributed by atoms with Crippen molar-refractivity contribution in [2.75, 3.05) is 0 Å². The molecule has 0 unspecified atom stereocenters.